The van der Waals surface area contributed by atoms with Gasteiger partial charge in [-0.15, -0.1) is 0 Å². The lowest BCUT2D eigenvalue weighted by molar-refractivity contribution is -0.162. The zero-order chi connectivity index (χ0) is 41.9. The zero-order valence-electron chi connectivity index (χ0n) is 32.6. The van der Waals surface area contributed by atoms with Crippen molar-refractivity contribution in [1.29, 1.82) is 0 Å². The van der Waals surface area contributed by atoms with Crippen LogP contribution in [0.5, 0.6) is 0 Å². The van der Waals surface area contributed by atoms with Gasteiger partial charge in [-0.25, -0.2) is 18.4 Å². The molecule has 0 spiro atoms. The second-order valence-electron chi connectivity index (χ2n) is 15.2. The van der Waals surface area contributed by atoms with Crippen LogP contribution in [0, 0.1) is 24.5 Å². The van der Waals surface area contributed by atoms with Crippen LogP contribution in [0.3, 0.4) is 0 Å². The molecule has 3 heterocycles. The number of carbonyl (C=O) groups excluding carboxylic acids is 7. The average Bonchev–Trinajstić information content (AvgIpc) is 3.74. The van der Waals surface area contributed by atoms with Crippen LogP contribution in [-0.4, -0.2) is 130 Å². The molecule has 2 aromatic rings. The molecule has 0 radical (unpaired) electrons. The molecule has 9 atom stereocenters. The number of likely N-dealkylation sites (N-methyl/N-ethyl adjacent to an activating group) is 1. The van der Waals surface area contributed by atoms with Crippen LogP contribution < -0.4 is 21.3 Å². The highest BCUT2D eigenvalue weighted by molar-refractivity contribution is 5.98. The predicted octanol–water partition coefficient (Wildman–Crippen LogP) is 0.987. The van der Waals surface area contributed by atoms with Gasteiger partial charge in [-0.2, -0.15) is 0 Å². The van der Waals surface area contributed by atoms with Crippen molar-refractivity contribution in [2.24, 2.45) is 5.92 Å². The van der Waals surface area contributed by atoms with Crippen LogP contribution in [0.25, 0.3) is 0 Å². The van der Waals surface area contributed by atoms with Crippen LogP contribution >= 0.6 is 0 Å². The number of nitrogens with zero attached hydrogens (tertiary/aromatic N) is 3. The number of hydrogen-bond donors (Lipinski definition) is 5. The predicted molar refractivity (Wildman–Crippen MR) is 200 cm³/mol. The number of urea groups is 1. The van der Waals surface area contributed by atoms with Gasteiger partial charge in [-0.05, 0) is 69.9 Å². The van der Waals surface area contributed by atoms with E-state index >= 15 is 0 Å². The second kappa shape index (κ2) is 17.7. The molecule has 0 bridgehead atoms. The number of aryl methyl sites for hydroxylation is 1. The van der Waals surface area contributed by atoms with Gasteiger partial charge in [0.1, 0.15) is 54.0 Å². The molecule has 308 valence electrons. The maximum absolute atomic E-state index is 14.5. The molecule has 2 aromatic carbocycles. The number of aliphatic hydroxyl groups excluding tert-OH is 1. The van der Waals surface area contributed by atoms with Gasteiger partial charge in [0, 0.05) is 44.7 Å². The number of ether oxygens (including phenoxy) is 1. The minimum atomic E-state index is -1.75. The Bertz CT molecular complexity index is 1880. The highest BCUT2D eigenvalue weighted by Gasteiger charge is 2.47. The van der Waals surface area contributed by atoms with Gasteiger partial charge >= 0.3 is 12.0 Å². The topological polar surface area (TPSA) is 207 Å². The van der Waals surface area contributed by atoms with Crippen molar-refractivity contribution in [2.75, 3.05) is 25.5 Å². The maximum atomic E-state index is 14.5. The van der Waals surface area contributed by atoms with Gasteiger partial charge in [0.15, 0.2) is 0 Å². The number of cyclic esters (lactones) is 1. The summed E-state index contributed by atoms with van der Waals surface area (Å²) in [6.07, 6.45) is -3.14. The lowest BCUT2D eigenvalue weighted by atomic mass is 10.0. The van der Waals surface area contributed by atoms with Crippen molar-refractivity contribution in [3.05, 3.63) is 65.2 Å². The molecule has 3 fully saturated rings. The Morgan fingerprint density at radius 3 is 2.18 bits per heavy atom. The van der Waals surface area contributed by atoms with E-state index in [1.54, 1.807) is 24.3 Å². The number of amides is 7. The quantitative estimate of drug-likeness (QED) is 0.264. The molecule has 57 heavy (non-hydrogen) atoms. The number of halogens is 2. The van der Waals surface area contributed by atoms with Crippen LogP contribution in [0.1, 0.15) is 51.7 Å². The number of hydrogen-bond acceptors (Lipinski definition) is 9. The minimum absolute atomic E-state index is 0.0176. The molecule has 18 heteroatoms. The number of rotatable bonds is 6. The summed E-state index contributed by atoms with van der Waals surface area (Å²) in [6.45, 7) is 7.67. The fourth-order valence-corrected chi connectivity index (χ4v) is 7.33. The summed E-state index contributed by atoms with van der Waals surface area (Å²) < 4.78 is 34.4. The lowest BCUT2D eigenvalue weighted by Gasteiger charge is -2.36. The van der Waals surface area contributed by atoms with E-state index in [0.29, 0.717) is 11.8 Å². The first-order chi connectivity index (χ1) is 26.8. The van der Waals surface area contributed by atoms with Gasteiger partial charge in [0.05, 0.1) is 6.10 Å². The van der Waals surface area contributed by atoms with E-state index in [4.69, 9.17) is 4.74 Å². The third-order valence-corrected chi connectivity index (χ3v) is 10.6. The van der Waals surface area contributed by atoms with Crippen LogP contribution in [0.4, 0.5) is 19.3 Å². The van der Waals surface area contributed by atoms with E-state index in [-0.39, 0.29) is 37.4 Å². The molecular weight excluding hydrogens is 748 g/mol. The van der Waals surface area contributed by atoms with Crippen molar-refractivity contribution in [2.45, 2.75) is 102 Å². The summed E-state index contributed by atoms with van der Waals surface area (Å²) in [5.41, 5.74) is 1.26. The molecule has 0 saturated carbocycles. The number of esters is 1. The molecule has 2 unspecified atom stereocenters. The maximum Gasteiger partial charge on any atom is 0.329 e. The third kappa shape index (κ3) is 10.0. The summed E-state index contributed by atoms with van der Waals surface area (Å²) in [5, 5.41) is 20.9. The van der Waals surface area contributed by atoms with Gasteiger partial charge in [0.25, 0.3) is 0 Å². The highest BCUT2D eigenvalue weighted by atomic mass is 19.1. The monoisotopic (exact) mass is 797 g/mol. The Hall–Kier alpha value is -5.65. The van der Waals surface area contributed by atoms with E-state index in [1.165, 1.54) is 32.7 Å². The average molecular weight is 798 g/mol. The first kappa shape index (κ1) is 42.5. The van der Waals surface area contributed by atoms with E-state index in [1.807, 2.05) is 13.8 Å². The number of carbonyl (C=O) groups is 7. The van der Waals surface area contributed by atoms with Gasteiger partial charge < -0.3 is 45.8 Å². The Kier molecular flexibility index (Phi) is 13.2. The molecule has 7 amide bonds. The summed E-state index contributed by atoms with van der Waals surface area (Å²) in [5.74, 6) is -6.88. The number of anilines is 1. The van der Waals surface area contributed by atoms with Crippen molar-refractivity contribution in [3.63, 3.8) is 0 Å². The molecular formula is C39H49F2N7O9. The van der Waals surface area contributed by atoms with Gasteiger partial charge in [-0.3, -0.25) is 24.0 Å². The number of benzene rings is 2. The Balaban J connectivity index is 1.51. The molecule has 0 aromatic heterocycles. The Morgan fingerprint density at radius 2 is 1.53 bits per heavy atom. The van der Waals surface area contributed by atoms with Crippen molar-refractivity contribution >= 4 is 47.2 Å². The summed E-state index contributed by atoms with van der Waals surface area (Å²) in [7, 11) is 1.34. The SMILES string of the molecule is Cc1ccc(NC(=O)N[C@@H](Cc2cc(F)cc(F)c2)C(=O)N[C@@H]2C(=O)N3C[C@H](O)CC3C(=O)N(C)[C@@H](C)C(=O)N[C@@H](C)C(=O)N3C[C@H](C)CC3C(=O)O[C@H]2C)cc1. The first-order valence-corrected chi connectivity index (χ1v) is 18.8. The highest BCUT2D eigenvalue weighted by Crippen LogP contribution is 2.27. The van der Waals surface area contributed by atoms with Crippen molar-refractivity contribution in [1.82, 2.24) is 30.7 Å². The van der Waals surface area contributed by atoms with E-state index < -0.39 is 108 Å². The largest absolute Gasteiger partial charge is 0.458 e. The normalized spacial score (nSPS) is 27.9. The molecule has 5 rings (SSSR count). The number of nitrogens with one attached hydrogen (secondary N) is 4. The first-order valence-electron chi connectivity index (χ1n) is 18.8. The van der Waals surface area contributed by atoms with Crippen LogP contribution in [-0.2, 0) is 39.9 Å². The molecule has 16 nitrogen and oxygen atoms in total. The number of fused-ring (bicyclic) bond motifs is 2. The third-order valence-electron chi connectivity index (χ3n) is 10.6. The molecule has 0 aliphatic carbocycles. The van der Waals surface area contributed by atoms with Gasteiger partial charge in [0.2, 0.25) is 29.5 Å². The van der Waals surface area contributed by atoms with E-state index in [0.717, 1.165) is 27.5 Å². The fraction of sp³-hybridized carbons (Fsp3) is 0.513. The summed E-state index contributed by atoms with van der Waals surface area (Å²) >= 11 is 0. The van der Waals surface area contributed by atoms with E-state index in [2.05, 4.69) is 21.3 Å². The summed E-state index contributed by atoms with van der Waals surface area (Å²) in [4.78, 5) is 100. The zero-order valence-corrected chi connectivity index (χ0v) is 32.6. The Labute approximate surface area is 328 Å². The fourth-order valence-electron chi connectivity index (χ4n) is 7.33. The van der Waals surface area contributed by atoms with Crippen LogP contribution in [0.2, 0.25) is 0 Å². The molecule has 3 aliphatic rings. The van der Waals surface area contributed by atoms with E-state index in [9.17, 15) is 47.4 Å². The molecule has 3 aliphatic heterocycles. The molecule has 5 N–H and O–H groups in total. The summed E-state index contributed by atoms with van der Waals surface area (Å²) in [6, 6.07) is 0.436. The molecule has 3 saturated heterocycles. The van der Waals surface area contributed by atoms with Crippen LogP contribution in [0.15, 0.2) is 42.5 Å². The van der Waals surface area contributed by atoms with Crippen molar-refractivity contribution < 1.29 is 52.2 Å². The van der Waals surface area contributed by atoms with Crippen molar-refractivity contribution in [3.8, 4) is 0 Å². The number of aliphatic hydroxyl groups is 1. The minimum Gasteiger partial charge on any atom is -0.458 e. The lowest BCUT2D eigenvalue weighted by Crippen LogP contribution is -2.62. The smallest absolute Gasteiger partial charge is 0.329 e. The second-order valence-corrected chi connectivity index (χ2v) is 15.2. The standard InChI is InChI=1S/C39H49F2N7O9/c1-19-7-9-27(10-8-19)43-39(56)44-29(14-24-12-25(40)15-26(41)13-24)34(51)45-32-23(5)57-38(55)31-11-20(2)17-47(31)35(52)21(3)42-33(50)22(4)46(6)36(53)30-16-28(49)18-48(30)37(32)54/h7-10,12-13,15,20-23,28-32,49H,11,14,16-18H2,1-6H3,(H,42,50)(H,45,51)(H2,43,44,56)/t20-,21+,22+,23+,28-,29+,30?,31?,32+/m1/s1. The Morgan fingerprint density at radius 1 is 0.895 bits per heavy atom. The van der Waals surface area contributed by atoms with Gasteiger partial charge in [-0.1, -0.05) is 24.6 Å².